The molecule has 1 rings (SSSR count). The van der Waals surface area contributed by atoms with Crippen LogP contribution in [0.3, 0.4) is 0 Å². The smallest absolute Gasteiger partial charge is 0.338 e. The summed E-state index contributed by atoms with van der Waals surface area (Å²) in [4.78, 5) is 11.5. The average Bonchev–Trinajstić information content (AvgIpc) is 2.25. The van der Waals surface area contributed by atoms with Crippen molar-refractivity contribution in [1.29, 1.82) is 0 Å². The molecule has 0 aliphatic rings. The molecule has 0 aliphatic heterocycles. The second-order valence-corrected chi connectivity index (χ2v) is 4.00. The van der Waals surface area contributed by atoms with E-state index in [4.69, 9.17) is 21.1 Å². The lowest BCUT2D eigenvalue weighted by molar-refractivity contribution is 0.0177. The van der Waals surface area contributed by atoms with E-state index >= 15 is 0 Å². The van der Waals surface area contributed by atoms with Gasteiger partial charge in [0, 0.05) is 5.02 Å². The summed E-state index contributed by atoms with van der Waals surface area (Å²) in [7, 11) is 0. The summed E-state index contributed by atoms with van der Waals surface area (Å²) in [5.74, 6) is -0.357. The highest BCUT2D eigenvalue weighted by molar-refractivity contribution is 6.30. The first kappa shape index (κ1) is 13.0. The van der Waals surface area contributed by atoms with Crippen LogP contribution in [0.1, 0.15) is 24.2 Å². The molecule has 88 valence electrons. The van der Waals surface area contributed by atoms with Gasteiger partial charge in [-0.25, -0.2) is 4.79 Å². The Hall–Kier alpha value is -1.06. The van der Waals surface area contributed by atoms with Crippen molar-refractivity contribution in [3.63, 3.8) is 0 Å². The molecule has 0 unspecified atom stereocenters. The first-order valence-corrected chi connectivity index (χ1v) is 5.51. The van der Waals surface area contributed by atoms with Gasteiger partial charge in [0.1, 0.15) is 6.61 Å². The number of esters is 1. The zero-order chi connectivity index (χ0) is 12.0. The molecular formula is C12H15ClO3. The monoisotopic (exact) mass is 242 g/mol. The Balaban J connectivity index is 2.32. The highest BCUT2D eigenvalue weighted by Crippen LogP contribution is 2.10. The summed E-state index contributed by atoms with van der Waals surface area (Å²) in [5, 5.41) is 0.597. The van der Waals surface area contributed by atoms with Crippen molar-refractivity contribution < 1.29 is 14.3 Å². The van der Waals surface area contributed by atoms with Crippen molar-refractivity contribution in [3.8, 4) is 0 Å². The van der Waals surface area contributed by atoms with E-state index in [1.807, 2.05) is 13.8 Å². The van der Waals surface area contributed by atoms with Crippen LogP contribution >= 0.6 is 11.6 Å². The predicted octanol–water partition coefficient (Wildman–Crippen LogP) is 2.92. The van der Waals surface area contributed by atoms with Crippen molar-refractivity contribution in [3.05, 3.63) is 34.9 Å². The number of ether oxygens (including phenoxy) is 2. The minimum absolute atomic E-state index is 0.147. The van der Waals surface area contributed by atoms with Gasteiger partial charge in [-0.05, 0) is 38.1 Å². The fourth-order valence-electron chi connectivity index (χ4n) is 1.09. The van der Waals surface area contributed by atoms with E-state index in [0.717, 1.165) is 0 Å². The quantitative estimate of drug-likeness (QED) is 0.588. The van der Waals surface area contributed by atoms with Crippen molar-refractivity contribution >= 4 is 17.6 Å². The number of rotatable bonds is 5. The normalized spacial score (nSPS) is 10.5. The number of benzene rings is 1. The molecular weight excluding hydrogens is 228 g/mol. The molecule has 1 aromatic carbocycles. The number of halogens is 1. The molecule has 0 amide bonds. The van der Waals surface area contributed by atoms with E-state index < -0.39 is 0 Å². The number of carbonyl (C=O) groups excluding carboxylic acids is 1. The molecule has 0 saturated carbocycles. The van der Waals surface area contributed by atoms with Crippen molar-refractivity contribution in [2.45, 2.75) is 20.0 Å². The SMILES string of the molecule is CC(C)OCCOC(=O)c1ccc(Cl)cc1. The highest BCUT2D eigenvalue weighted by atomic mass is 35.5. The first-order valence-electron chi connectivity index (χ1n) is 5.14. The van der Waals surface area contributed by atoms with Crippen molar-refractivity contribution in [2.75, 3.05) is 13.2 Å². The molecule has 0 atom stereocenters. The van der Waals surface area contributed by atoms with Gasteiger partial charge in [0.05, 0.1) is 18.3 Å². The van der Waals surface area contributed by atoms with Crippen LogP contribution in [0.15, 0.2) is 24.3 Å². The molecule has 3 nitrogen and oxygen atoms in total. The highest BCUT2D eigenvalue weighted by Gasteiger charge is 2.06. The second kappa shape index (κ2) is 6.51. The molecule has 0 bridgehead atoms. The summed E-state index contributed by atoms with van der Waals surface area (Å²) in [6.45, 7) is 4.54. The van der Waals surface area contributed by atoms with Gasteiger partial charge in [0.2, 0.25) is 0 Å². The zero-order valence-corrected chi connectivity index (χ0v) is 10.2. The molecule has 0 saturated heterocycles. The number of carbonyl (C=O) groups is 1. The molecule has 0 spiro atoms. The first-order chi connectivity index (χ1) is 7.59. The van der Waals surface area contributed by atoms with Gasteiger partial charge in [0.25, 0.3) is 0 Å². The minimum atomic E-state index is -0.357. The van der Waals surface area contributed by atoms with Gasteiger partial charge in [-0.3, -0.25) is 0 Å². The van der Waals surface area contributed by atoms with Crippen LogP contribution in [0.2, 0.25) is 5.02 Å². The summed E-state index contributed by atoms with van der Waals surface area (Å²) >= 11 is 5.71. The summed E-state index contributed by atoms with van der Waals surface area (Å²) in [6, 6.07) is 6.58. The van der Waals surface area contributed by atoms with E-state index in [9.17, 15) is 4.79 Å². The van der Waals surface area contributed by atoms with Crippen LogP contribution in [0.4, 0.5) is 0 Å². The van der Waals surface area contributed by atoms with Crippen LogP contribution in [0.5, 0.6) is 0 Å². The molecule has 0 aromatic heterocycles. The van der Waals surface area contributed by atoms with Crippen molar-refractivity contribution in [2.24, 2.45) is 0 Å². The third-order valence-electron chi connectivity index (χ3n) is 1.85. The summed E-state index contributed by atoms with van der Waals surface area (Å²) in [5.41, 5.74) is 0.494. The fourth-order valence-corrected chi connectivity index (χ4v) is 1.21. The topological polar surface area (TPSA) is 35.5 Å². The van der Waals surface area contributed by atoms with Crippen LogP contribution < -0.4 is 0 Å². The third kappa shape index (κ3) is 4.64. The fraction of sp³-hybridized carbons (Fsp3) is 0.417. The maximum absolute atomic E-state index is 11.5. The molecule has 0 aliphatic carbocycles. The van der Waals surface area contributed by atoms with Gasteiger partial charge in [0.15, 0.2) is 0 Å². The van der Waals surface area contributed by atoms with Crippen LogP contribution in [-0.4, -0.2) is 25.3 Å². The van der Waals surface area contributed by atoms with E-state index in [0.29, 0.717) is 17.2 Å². The molecule has 1 aromatic rings. The Labute approximate surface area is 100 Å². The molecule has 4 heteroatoms. The molecule has 0 fully saturated rings. The maximum atomic E-state index is 11.5. The lowest BCUT2D eigenvalue weighted by atomic mass is 10.2. The van der Waals surface area contributed by atoms with Crippen LogP contribution in [0, 0.1) is 0 Å². The molecule has 16 heavy (non-hydrogen) atoms. The average molecular weight is 243 g/mol. The molecule has 0 N–H and O–H groups in total. The van der Waals surface area contributed by atoms with Crippen LogP contribution in [0.25, 0.3) is 0 Å². The van der Waals surface area contributed by atoms with E-state index in [-0.39, 0.29) is 18.7 Å². The Bertz CT molecular complexity index is 333. The molecule has 0 radical (unpaired) electrons. The Kier molecular flexibility index (Phi) is 5.29. The summed E-state index contributed by atoms with van der Waals surface area (Å²) < 4.78 is 10.3. The van der Waals surface area contributed by atoms with Gasteiger partial charge in [-0.2, -0.15) is 0 Å². The minimum Gasteiger partial charge on any atom is -0.460 e. The zero-order valence-electron chi connectivity index (χ0n) is 9.40. The van der Waals surface area contributed by atoms with E-state index in [1.165, 1.54) is 0 Å². The van der Waals surface area contributed by atoms with Gasteiger partial charge >= 0.3 is 5.97 Å². The van der Waals surface area contributed by atoms with Crippen molar-refractivity contribution in [1.82, 2.24) is 0 Å². The maximum Gasteiger partial charge on any atom is 0.338 e. The van der Waals surface area contributed by atoms with E-state index in [2.05, 4.69) is 0 Å². The Morgan fingerprint density at radius 3 is 2.44 bits per heavy atom. The molecule has 0 heterocycles. The van der Waals surface area contributed by atoms with Crippen LogP contribution in [-0.2, 0) is 9.47 Å². The Morgan fingerprint density at radius 2 is 1.88 bits per heavy atom. The standard InChI is InChI=1S/C12H15ClO3/c1-9(2)15-7-8-16-12(14)10-3-5-11(13)6-4-10/h3-6,9H,7-8H2,1-2H3. The Morgan fingerprint density at radius 1 is 1.25 bits per heavy atom. The number of hydrogen-bond donors (Lipinski definition) is 0. The summed E-state index contributed by atoms with van der Waals surface area (Å²) in [6.07, 6.45) is 0.147. The van der Waals surface area contributed by atoms with Gasteiger partial charge in [-0.1, -0.05) is 11.6 Å². The van der Waals surface area contributed by atoms with E-state index in [1.54, 1.807) is 24.3 Å². The van der Waals surface area contributed by atoms with Gasteiger partial charge in [-0.15, -0.1) is 0 Å². The predicted molar refractivity (Wildman–Crippen MR) is 62.8 cm³/mol. The largest absolute Gasteiger partial charge is 0.460 e. The third-order valence-corrected chi connectivity index (χ3v) is 2.10. The number of hydrogen-bond acceptors (Lipinski definition) is 3. The lowest BCUT2D eigenvalue weighted by Gasteiger charge is -2.08. The second-order valence-electron chi connectivity index (χ2n) is 3.56. The van der Waals surface area contributed by atoms with Gasteiger partial charge < -0.3 is 9.47 Å². The lowest BCUT2D eigenvalue weighted by Crippen LogP contribution is -2.13.